The van der Waals surface area contributed by atoms with Gasteiger partial charge in [0.05, 0.1) is 72.4 Å². The van der Waals surface area contributed by atoms with Crippen molar-refractivity contribution in [1.29, 1.82) is 0 Å². The Hall–Kier alpha value is -9.98. The summed E-state index contributed by atoms with van der Waals surface area (Å²) in [4.78, 5) is 11.0. The standard InChI is InChI=1S/C68H44N6O/c1-41-39-40-43(42(2)69-41)62-64(71-53-30-12-3-21-44(53)45-22-4-13-31-54(45)71)66(73-57-34-16-7-25-48(57)49-26-8-17-35-58(49)73)63(68-70-52-29-11-20-38-61(52)75-68)67(74-59-36-18-9-27-50(59)51-28-10-19-37-60(51)74)65(62)72-55-32-14-5-23-46(55)47-24-6-15-33-56(47)72/h3-40H,1-2H3. The minimum Gasteiger partial charge on any atom is -0.436 e. The van der Waals surface area contributed by atoms with Gasteiger partial charge in [-0.2, -0.15) is 0 Å². The Balaban J connectivity index is 1.32. The van der Waals surface area contributed by atoms with Crippen LogP contribution in [0.15, 0.2) is 235 Å². The van der Waals surface area contributed by atoms with Crippen LogP contribution in [-0.4, -0.2) is 28.2 Å². The van der Waals surface area contributed by atoms with Crippen molar-refractivity contribution >= 4 is 98.3 Å². The molecule has 0 saturated heterocycles. The molecule has 6 aromatic heterocycles. The number of aryl methyl sites for hydroxylation is 2. The topological polar surface area (TPSA) is 58.6 Å². The van der Waals surface area contributed by atoms with Crippen LogP contribution in [0, 0.1) is 13.8 Å². The van der Waals surface area contributed by atoms with Gasteiger partial charge in [0.2, 0.25) is 5.89 Å². The molecule has 0 aliphatic carbocycles. The van der Waals surface area contributed by atoms with Gasteiger partial charge in [-0.05, 0) is 80.6 Å². The van der Waals surface area contributed by atoms with Crippen molar-refractivity contribution in [3.63, 3.8) is 0 Å². The second-order valence-electron chi connectivity index (χ2n) is 19.7. The summed E-state index contributed by atoms with van der Waals surface area (Å²) in [6.07, 6.45) is 0. The molecule has 0 aliphatic rings. The number of benzene rings is 10. The third-order valence-corrected chi connectivity index (χ3v) is 15.6. The average molecular weight is 961 g/mol. The van der Waals surface area contributed by atoms with Gasteiger partial charge in [-0.3, -0.25) is 4.98 Å². The summed E-state index contributed by atoms with van der Waals surface area (Å²) < 4.78 is 17.4. The summed E-state index contributed by atoms with van der Waals surface area (Å²) >= 11 is 0. The van der Waals surface area contributed by atoms with Crippen molar-refractivity contribution in [3.8, 4) is 45.3 Å². The minimum absolute atomic E-state index is 0.499. The SMILES string of the molecule is Cc1ccc(-c2c(-n3c4ccccc4c4ccccc43)c(-n3c4ccccc4c4ccccc43)c(-c3nc4ccccc4o3)c(-n3c4ccccc4c4ccccc43)c2-n2c3ccccc3c3ccccc32)c(C)n1. The molecular formula is C68H44N6O. The Kier molecular flexibility index (Phi) is 8.74. The summed E-state index contributed by atoms with van der Waals surface area (Å²) in [5.41, 5.74) is 18.4. The molecule has 0 amide bonds. The zero-order valence-corrected chi connectivity index (χ0v) is 41.0. The van der Waals surface area contributed by atoms with Crippen molar-refractivity contribution in [2.75, 3.05) is 0 Å². The fraction of sp³-hybridized carbons (Fsp3) is 0.0294. The molecule has 7 heteroatoms. The van der Waals surface area contributed by atoms with Crippen LogP contribution in [0.4, 0.5) is 0 Å². The van der Waals surface area contributed by atoms with Gasteiger partial charge >= 0.3 is 0 Å². The fourth-order valence-corrected chi connectivity index (χ4v) is 12.6. The summed E-state index contributed by atoms with van der Waals surface area (Å²) in [6, 6.07) is 83.3. The molecule has 16 rings (SSSR count). The predicted molar refractivity (Wildman–Crippen MR) is 310 cm³/mol. The number of rotatable bonds is 6. The lowest BCUT2D eigenvalue weighted by Crippen LogP contribution is -2.16. The molecule has 75 heavy (non-hydrogen) atoms. The second kappa shape index (κ2) is 15.8. The number of para-hydroxylation sites is 10. The Morgan fingerprint density at radius 1 is 0.293 bits per heavy atom. The van der Waals surface area contributed by atoms with Crippen LogP contribution < -0.4 is 0 Å². The highest BCUT2D eigenvalue weighted by atomic mass is 16.3. The molecule has 0 bridgehead atoms. The highest BCUT2D eigenvalue weighted by Gasteiger charge is 2.37. The van der Waals surface area contributed by atoms with Crippen LogP contribution in [0.25, 0.3) is 144 Å². The molecule has 0 N–H and O–H groups in total. The molecule has 0 radical (unpaired) electrons. The maximum absolute atomic E-state index is 7.39. The van der Waals surface area contributed by atoms with Gasteiger partial charge < -0.3 is 22.7 Å². The van der Waals surface area contributed by atoms with E-state index in [9.17, 15) is 0 Å². The Morgan fingerprint density at radius 3 is 0.907 bits per heavy atom. The average Bonchev–Trinajstić information content (AvgIpc) is 4.42. The van der Waals surface area contributed by atoms with Crippen LogP contribution in [0.5, 0.6) is 0 Å². The lowest BCUT2D eigenvalue weighted by atomic mass is 9.92. The zero-order chi connectivity index (χ0) is 49.5. The van der Waals surface area contributed by atoms with E-state index in [1.165, 1.54) is 0 Å². The Bertz CT molecular complexity index is 4560. The summed E-state index contributed by atoms with van der Waals surface area (Å²) in [6.45, 7) is 4.25. The monoisotopic (exact) mass is 960 g/mol. The molecule has 0 spiro atoms. The largest absolute Gasteiger partial charge is 0.436 e. The van der Waals surface area contributed by atoms with E-state index in [1.54, 1.807) is 0 Å². The molecule has 0 fully saturated rings. The van der Waals surface area contributed by atoms with E-state index in [4.69, 9.17) is 14.4 Å². The van der Waals surface area contributed by atoms with E-state index in [2.05, 4.69) is 244 Å². The second-order valence-corrected chi connectivity index (χ2v) is 19.7. The van der Waals surface area contributed by atoms with Crippen molar-refractivity contribution < 1.29 is 4.42 Å². The number of fused-ring (bicyclic) bond motifs is 13. The van der Waals surface area contributed by atoms with Crippen molar-refractivity contribution in [1.82, 2.24) is 28.2 Å². The third kappa shape index (κ3) is 5.80. The van der Waals surface area contributed by atoms with Crippen molar-refractivity contribution in [2.24, 2.45) is 0 Å². The van der Waals surface area contributed by atoms with Crippen LogP contribution >= 0.6 is 0 Å². The van der Waals surface area contributed by atoms with E-state index in [-0.39, 0.29) is 0 Å². The molecule has 0 unspecified atom stereocenters. The lowest BCUT2D eigenvalue weighted by Gasteiger charge is -2.30. The van der Waals surface area contributed by atoms with E-state index in [0.29, 0.717) is 11.5 Å². The molecule has 0 aliphatic heterocycles. The minimum atomic E-state index is 0.499. The van der Waals surface area contributed by atoms with Crippen LogP contribution in [0.3, 0.4) is 0 Å². The maximum atomic E-state index is 7.39. The van der Waals surface area contributed by atoms with Gasteiger partial charge in [0.1, 0.15) is 5.52 Å². The number of nitrogens with zero attached hydrogens (tertiary/aromatic N) is 6. The highest BCUT2D eigenvalue weighted by Crippen LogP contribution is 2.55. The Labute approximate surface area is 430 Å². The number of aromatic nitrogens is 6. The summed E-state index contributed by atoms with van der Waals surface area (Å²) in [7, 11) is 0. The molecule has 7 nitrogen and oxygen atoms in total. The van der Waals surface area contributed by atoms with Crippen LogP contribution in [-0.2, 0) is 0 Å². The molecular weight excluding hydrogens is 917 g/mol. The number of oxazole rings is 1. The normalized spacial score (nSPS) is 12.1. The van der Waals surface area contributed by atoms with Crippen LogP contribution in [0.1, 0.15) is 11.4 Å². The summed E-state index contributed by atoms with van der Waals surface area (Å²) in [5, 5.41) is 9.18. The first-order valence-electron chi connectivity index (χ1n) is 25.6. The number of pyridine rings is 1. The molecule has 352 valence electrons. The van der Waals surface area contributed by atoms with Gasteiger partial charge in [0.15, 0.2) is 5.58 Å². The Morgan fingerprint density at radius 2 is 0.587 bits per heavy atom. The first-order chi connectivity index (χ1) is 37.1. The third-order valence-electron chi connectivity index (χ3n) is 15.6. The first kappa shape index (κ1) is 41.6. The van der Waals surface area contributed by atoms with Crippen molar-refractivity contribution in [2.45, 2.75) is 13.8 Å². The van der Waals surface area contributed by atoms with Gasteiger partial charge in [-0.1, -0.05) is 164 Å². The fourth-order valence-electron chi connectivity index (χ4n) is 12.6. The van der Waals surface area contributed by atoms with Gasteiger partial charge in [0, 0.05) is 65.6 Å². The zero-order valence-electron chi connectivity index (χ0n) is 41.0. The molecule has 16 aromatic rings. The van der Waals surface area contributed by atoms with Crippen molar-refractivity contribution in [3.05, 3.63) is 242 Å². The van der Waals surface area contributed by atoms with E-state index < -0.39 is 0 Å². The van der Waals surface area contributed by atoms with Gasteiger partial charge in [-0.15, -0.1) is 0 Å². The van der Waals surface area contributed by atoms with E-state index in [0.717, 1.165) is 144 Å². The molecule has 0 saturated carbocycles. The number of hydrogen-bond acceptors (Lipinski definition) is 3. The predicted octanol–water partition coefficient (Wildman–Crippen LogP) is 17.6. The smallest absolute Gasteiger partial charge is 0.231 e. The van der Waals surface area contributed by atoms with E-state index >= 15 is 0 Å². The molecule has 10 aromatic carbocycles. The lowest BCUT2D eigenvalue weighted by molar-refractivity contribution is 0.619. The molecule has 0 atom stereocenters. The van der Waals surface area contributed by atoms with E-state index in [1.807, 2.05) is 18.2 Å². The maximum Gasteiger partial charge on any atom is 0.231 e. The molecule has 6 heterocycles. The van der Waals surface area contributed by atoms with Gasteiger partial charge in [0.25, 0.3) is 0 Å². The van der Waals surface area contributed by atoms with Crippen LogP contribution in [0.2, 0.25) is 0 Å². The first-order valence-corrected chi connectivity index (χ1v) is 25.6. The number of hydrogen-bond donors (Lipinski definition) is 0. The quantitative estimate of drug-likeness (QED) is 0.167. The van der Waals surface area contributed by atoms with Gasteiger partial charge in [-0.25, -0.2) is 4.98 Å². The summed E-state index contributed by atoms with van der Waals surface area (Å²) in [5.74, 6) is 0.499. The highest BCUT2D eigenvalue weighted by molar-refractivity contribution is 6.18.